The smallest absolute Gasteiger partial charge is 0.00190 e. The highest BCUT2D eigenvalue weighted by atomic mass is 15.1. The van der Waals surface area contributed by atoms with Gasteiger partial charge in [-0.3, -0.25) is 0 Å². The van der Waals surface area contributed by atoms with Crippen molar-refractivity contribution in [1.82, 2.24) is 4.90 Å². The highest BCUT2D eigenvalue weighted by molar-refractivity contribution is 4.51. The van der Waals surface area contributed by atoms with Crippen molar-refractivity contribution in [3.05, 3.63) is 0 Å². The van der Waals surface area contributed by atoms with Gasteiger partial charge in [-0.15, -0.1) is 0 Å². The van der Waals surface area contributed by atoms with Crippen LogP contribution in [0, 0.1) is 0 Å². The minimum absolute atomic E-state index is 0.775. The van der Waals surface area contributed by atoms with E-state index in [1.807, 2.05) is 0 Å². The summed E-state index contributed by atoms with van der Waals surface area (Å²) in [6, 6.07) is 0. The van der Waals surface area contributed by atoms with Crippen molar-refractivity contribution in [1.29, 1.82) is 0 Å². The van der Waals surface area contributed by atoms with E-state index in [1.165, 1.54) is 38.9 Å². The molecule has 0 unspecified atom stereocenters. The molecular formula is C13H33N3. The summed E-state index contributed by atoms with van der Waals surface area (Å²) in [7, 11) is 0. The van der Waals surface area contributed by atoms with Crippen molar-refractivity contribution in [3.8, 4) is 0 Å². The van der Waals surface area contributed by atoms with E-state index in [4.69, 9.17) is 11.5 Å². The molecule has 0 aromatic heterocycles. The van der Waals surface area contributed by atoms with E-state index in [2.05, 4.69) is 25.7 Å². The molecule has 0 aliphatic carbocycles. The standard InChI is InChI=1S/C9H21N.C4H12N2/c1-4-7-8-9-10(5-2)6-3;5-3-1-2-4-6/h4-9H2,1-3H3;1-6H2. The molecule has 3 heteroatoms. The largest absolute Gasteiger partial charge is 0.330 e. The summed E-state index contributed by atoms with van der Waals surface area (Å²) in [6.07, 6.45) is 6.23. The van der Waals surface area contributed by atoms with E-state index < -0.39 is 0 Å². The molecule has 3 nitrogen and oxygen atoms in total. The lowest BCUT2D eigenvalue weighted by Gasteiger charge is -2.16. The predicted octanol–water partition coefficient (Wildman–Crippen LogP) is 2.20. The molecule has 0 heterocycles. The topological polar surface area (TPSA) is 55.3 Å². The van der Waals surface area contributed by atoms with Gasteiger partial charge in [-0.05, 0) is 52.0 Å². The van der Waals surface area contributed by atoms with Crippen LogP contribution in [0.4, 0.5) is 0 Å². The third kappa shape index (κ3) is 16.3. The van der Waals surface area contributed by atoms with Gasteiger partial charge in [-0.25, -0.2) is 0 Å². The summed E-state index contributed by atoms with van der Waals surface area (Å²) in [5, 5.41) is 0. The average molecular weight is 231 g/mol. The molecular weight excluding hydrogens is 198 g/mol. The zero-order valence-electron chi connectivity index (χ0n) is 11.7. The van der Waals surface area contributed by atoms with Crippen molar-refractivity contribution in [3.63, 3.8) is 0 Å². The molecule has 0 aliphatic rings. The molecule has 0 aromatic carbocycles. The molecule has 0 radical (unpaired) electrons. The lowest BCUT2D eigenvalue weighted by Crippen LogP contribution is -2.23. The Morgan fingerprint density at radius 3 is 1.56 bits per heavy atom. The SMILES string of the molecule is CCCCCN(CC)CC.NCCCCN. The lowest BCUT2D eigenvalue weighted by molar-refractivity contribution is 0.296. The Morgan fingerprint density at radius 1 is 0.750 bits per heavy atom. The second-order valence-electron chi connectivity index (χ2n) is 4.02. The number of rotatable bonds is 9. The maximum absolute atomic E-state index is 5.16. The third-order valence-electron chi connectivity index (χ3n) is 2.63. The molecule has 0 spiro atoms. The monoisotopic (exact) mass is 231 g/mol. The van der Waals surface area contributed by atoms with Crippen molar-refractivity contribution in [2.45, 2.75) is 52.9 Å². The van der Waals surface area contributed by atoms with Gasteiger partial charge in [-0.1, -0.05) is 33.6 Å². The Labute approximate surface area is 103 Å². The van der Waals surface area contributed by atoms with Gasteiger partial charge in [0.1, 0.15) is 0 Å². The minimum atomic E-state index is 0.775. The van der Waals surface area contributed by atoms with E-state index >= 15 is 0 Å². The van der Waals surface area contributed by atoms with Crippen LogP contribution in [0.2, 0.25) is 0 Å². The summed E-state index contributed by atoms with van der Waals surface area (Å²) in [5.41, 5.74) is 10.3. The highest BCUT2D eigenvalue weighted by Gasteiger charge is 1.95. The van der Waals surface area contributed by atoms with Crippen LogP contribution in [0.5, 0.6) is 0 Å². The fraction of sp³-hybridized carbons (Fsp3) is 1.00. The number of hydrogen-bond acceptors (Lipinski definition) is 3. The number of nitrogens with two attached hydrogens (primary N) is 2. The molecule has 0 atom stereocenters. The van der Waals surface area contributed by atoms with Crippen molar-refractivity contribution >= 4 is 0 Å². The molecule has 0 saturated carbocycles. The van der Waals surface area contributed by atoms with Crippen LogP contribution < -0.4 is 11.5 Å². The molecule has 0 bridgehead atoms. The van der Waals surface area contributed by atoms with Crippen molar-refractivity contribution in [2.24, 2.45) is 11.5 Å². The van der Waals surface area contributed by atoms with Crippen LogP contribution in [0.3, 0.4) is 0 Å². The van der Waals surface area contributed by atoms with Crippen LogP contribution in [0.25, 0.3) is 0 Å². The van der Waals surface area contributed by atoms with Crippen LogP contribution >= 0.6 is 0 Å². The van der Waals surface area contributed by atoms with Gasteiger partial charge in [0, 0.05) is 0 Å². The van der Waals surface area contributed by atoms with Gasteiger partial charge in [-0.2, -0.15) is 0 Å². The van der Waals surface area contributed by atoms with Crippen LogP contribution in [0.1, 0.15) is 52.9 Å². The fourth-order valence-corrected chi connectivity index (χ4v) is 1.41. The Balaban J connectivity index is 0. The van der Waals surface area contributed by atoms with Crippen LogP contribution in [-0.4, -0.2) is 37.6 Å². The van der Waals surface area contributed by atoms with Crippen molar-refractivity contribution in [2.75, 3.05) is 32.7 Å². The normalized spacial score (nSPS) is 10.1. The zero-order valence-corrected chi connectivity index (χ0v) is 11.7. The number of hydrogen-bond donors (Lipinski definition) is 2. The predicted molar refractivity (Wildman–Crippen MR) is 74.7 cm³/mol. The lowest BCUT2D eigenvalue weighted by atomic mass is 10.2. The Hall–Kier alpha value is -0.120. The van der Waals surface area contributed by atoms with Crippen LogP contribution in [0.15, 0.2) is 0 Å². The van der Waals surface area contributed by atoms with E-state index in [0.29, 0.717) is 0 Å². The molecule has 0 fully saturated rings. The zero-order chi connectivity index (χ0) is 12.6. The van der Waals surface area contributed by atoms with Gasteiger partial charge < -0.3 is 16.4 Å². The molecule has 100 valence electrons. The Kier molecular flexibility index (Phi) is 19.7. The van der Waals surface area contributed by atoms with Gasteiger partial charge in [0.15, 0.2) is 0 Å². The molecule has 0 amide bonds. The Morgan fingerprint density at radius 2 is 1.25 bits per heavy atom. The third-order valence-corrected chi connectivity index (χ3v) is 2.63. The first-order chi connectivity index (χ1) is 7.76. The van der Waals surface area contributed by atoms with Crippen LogP contribution in [-0.2, 0) is 0 Å². The van der Waals surface area contributed by atoms with E-state index in [-0.39, 0.29) is 0 Å². The maximum atomic E-state index is 5.16. The second kappa shape index (κ2) is 17.3. The van der Waals surface area contributed by atoms with Gasteiger partial charge in [0.2, 0.25) is 0 Å². The van der Waals surface area contributed by atoms with Gasteiger partial charge in [0.25, 0.3) is 0 Å². The molecule has 0 saturated heterocycles. The summed E-state index contributed by atoms with van der Waals surface area (Å²) in [6.45, 7) is 12.0. The molecule has 4 N–H and O–H groups in total. The summed E-state index contributed by atoms with van der Waals surface area (Å²) in [5.74, 6) is 0. The minimum Gasteiger partial charge on any atom is -0.330 e. The Bertz CT molecular complexity index is 99.4. The molecule has 0 aliphatic heterocycles. The molecule has 0 aromatic rings. The number of unbranched alkanes of at least 4 members (excludes halogenated alkanes) is 3. The quantitative estimate of drug-likeness (QED) is 0.598. The molecule has 0 rings (SSSR count). The second-order valence-corrected chi connectivity index (χ2v) is 4.02. The van der Waals surface area contributed by atoms with Gasteiger partial charge in [0.05, 0.1) is 0 Å². The van der Waals surface area contributed by atoms with Gasteiger partial charge >= 0.3 is 0 Å². The van der Waals surface area contributed by atoms with Crippen molar-refractivity contribution < 1.29 is 0 Å². The van der Waals surface area contributed by atoms with E-state index in [9.17, 15) is 0 Å². The first-order valence-corrected chi connectivity index (χ1v) is 6.89. The summed E-state index contributed by atoms with van der Waals surface area (Å²) < 4.78 is 0. The number of nitrogens with zero attached hydrogens (tertiary/aromatic N) is 1. The first kappa shape index (κ1) is 18.3. The summed E-state index contributed by atoms with van der Waals surface area (Å²) >= 11 is 0. The summed E-state index contributed by atoms with van der Waals surface area (Å²) in [4.78, 5) is 2.48. The van der Waals surface area contributed by atoms with E-state index in [1.54, 1.807) is 0 Å². The average Bonchev–Trinajstić information content (AvgIpc) is 2.33. The first-order valence-electron chi connectivity index (χ1n) is 6.89. The molecule has 16 heavy (non-hydrogen) atoms. The highest BCUT2D eigenvalue weighted by Crippen LogP contribution is 1.96. The van der Waals surface area contributed by atoms with E-state index in [0.717, 1.165) is 25.9 Å². The fourth-order valence-electron chi connectivity index (χ4n) is 1.41. The maximum Gasteiger partial charge on any atom is -0.00190 e.